The molecule has 0 aliphatic carbocycles. The molecule has 1 unspecified atom stereocenters. The summed E-state index contributed by atoms with van der Waals surface area (Å²) in [5.74, 6) is 0. The van der Waals surface area contributed by atoms with Crippen LogP contribution in [-0.4, -0.2) is 42.1 Å². The van der Waals surface area contributed by atoms with Crippen LogP contribution < -0.4 is 10.6 Å². The van der Waals surface area contributed by atoms with Crippen molar-refractivity contribution >= 4 is 32.9 Å². The van der Waals surface area contributed by atoms with E-state index in [2.05, 4.69) is 26.9 Å². The van der Waals surface area contributed by atoms with E-state index in [-0.39, 0.29) is 0 Å². The van der Waals surface area contributed by atoms with Crippen molar-refractivity contribution in [1.82, 2.24) is 9.88 Å². The van der Waals surface area contributed by atoms with E-state index < -0.39 is 0 Å². The first-order valence-electron chi connectivity index (χ1n) is 7.43. The summed E-state index contributed by atoms with van der Waals surface area (Å²) in [4.78, 5) is 9.52. The van der Waals surface area contributed by atoms with Crippen LogP contribution in [0.15, 0.2) is 17.6 Å². The van der Waals surface area contributed by atoms with Crippen molar-refractivity contribution in [2.45, 2.75) is 25.3 Å². The molecule has 4 nitrogen and oxygen atoms in total. The molecule has 0 spiro atoms. The Kier molecular flexibility index (Phi) is 3.04. The van der Waals surface area contributed by atoms with Gasteiger partial charge in [0.05, 0.1) is 21.6 Å². The molecule has 2 aliphatic rings. The summed E-state index contributed by atoms with van der Waals surface area (Å²) in [5.41, 5.74) is 11.2. The lowest BCUT2D eigenvalue weighted by molar-refractivity contribution is 0.133. The molecular weight excluding hydrogens is 268 g/mol. The van der Waals surface area contributed by atoms with E-state index in [1.54, 1.807) is 11.3 Å². The van der Waals surface area contributed by atoms with E-state index in [1.165, 1.54) is 42.7 Å². The Hall–Kier alpha value is -1.33. The molecule has 4 rings (SSSR count). The quantitative estimate of drug-likeness (QED) is 0.819. The molecule has 106 valence electrons. The predicted molar refractivity (Wildman–Crippen MR) is 85.5 cm³/mol. The number of anilines is 2. The van der Waals surface area contributed by atoms with Gasteiger partial charge in [0.2, 0.25) is 0 Å². The largest absolute Gasteiger partial charge is 0.395 e. The number of benzene rings is 1. The van der Waals surface area contributed by atoms with Crippen LogP contribution in [0, 0.1) is 0 Å². The Labute approximate surface area is 123 Å². The maximum absolute atomic E-state index is 6.35. The number of nitrogen functional groups attached to an aromatic ring is 1. The fraction of sp³-hybridized carbons (Fsp3) is 0.533. The van der Waals surface area contributed by atoms with Gasteiger partial charge in [-0.3, -0.25) is 4.90 Å². The number of piperazine rings is 1. The molecule has 2 aliphatic heterocycles. The standard InChI is InChI=1S/C15H20N4S/c16-14-12(4-5-13-15(14)17-10-20-13)19-8-7-18-6-2-1-3-11(18)9-19/h4-5,10-11H,1-3,6-9,16H2. The second-order valence-corrected chi connectivity index (χ2v) is 6.72. The summed E-state index contributed by atoms with van der Waals surface area (Å²) in [5, 5.41) is 0. The van der Waals surface area contributed by atoms with Gasteiger partial charge in [0, 0.05) is 25.7 Å². The van der Waals surface area contributed by atoms with Gasteiger partial charge in [0.1, 0.15) is 5.52 Å². The maximum atomic E-state index is 6.35. The van der Waals surface area contributed by atoms with Gasteiger partial charge in [-0.2, -0.15) is 0 Å². The van der Waals surface area contributed by atoms with Crippen LogP contribution in [0.4, 0.5) is 11.4 Å². The zero-order chi connectivity index (χ0) is 13.5. The van der Waals surface area contributed by atoms with Crippen LogP contribution in [0.5, 0.6) is 0 Å². The molecule has 1 aromatic carbocycles. The first kappa shape index (κ1) is 12.4. The van der Waals surface area contributed by atoms with E-state index in [1.807, 2.05) is 5.51 Å². The van der Waals surface area contributed by atoms with Gasteiger partial charge in [0.15, 0.2) is 0 Å². The summed E-state index contributed by atoms with van der Waals surface area (Å²) in [7, 11) is 0. The lowest BCUT2D eigenvalue weighted by atomic mass is 9.99. The number of thiazole rings is 1. The average molecular weight is 288 g/mol. The highest BCUT2D eigenvalue weighted by Crippen LogP contribution is 2.34. The topological polar surface area (TPSA) is 45.4 Å². The van der Waals surface area contributed by atoms with Gasteiger partial charge in [-0.1, -0.05) is 6.42 Å². The highest BCUT2D eigenvalue weighted by atomic mass is 32.1. The minimum Gasteiger partial charge on any atom is -0.395 e. The molecular formula is C15H20N4S. The predicted octanol–water partition coefficient (Wildman–Crippen LogP) is 2.55. The minimum absolute atomic E-state index is 0.711. The van der Waals surface area contributed by atoms with Crippen molar-refractivity contribution in [1.29, 1.82) is 0 Å². The van der Waals surface area contributed by atoms with Crippen LogP contribution in [0.3, 0.4) is 0 Å². The molecule has 0 saturated carbocycles. The molecule has 0 amide bonds. The Morgan fingerprint density at radius 1 is 1.20 bits per heavy atom. The second-order valence-electron chi connectivity index (χ2n) is 5.83. The third kappa shape index (κ3) is 1.96. The zero-order valence-electron chi connectivity index (χ0n) is 11.6. The number of aromatic nitrogens is 1. The molecule has 1 aromatic heterocycles. The second kappa shape index (κ2) is 4.90. The van der Waals surface area contributed by atoms with E-state index in [9.17, 15) is 0 Å². The Bertz CT molecular complexity index is 623. The van der Waals surface area contributed by atoms with Gasteiger partial charge < -0.3 is 10.6 Å². The van der Waals surface area contributed by atoms with Crippen molar-refractivity contribution in [3.8, 4) is 0 Å². The van der Waals surface area contributed by atoms with Gasteiger partial charge >= 0.3 is 0 Å². The fourth-order valence-electron chi connectivity index (χ4n) is 3.59. The molecule has 2 aromatic rings. The molecule has 20 heavy (non-hydrogen) atoms. The summed E-state index contributed by atoms with van der Waals surface area (Å²) < 4.78 is 1.18. The number of nitrogens with two attached hydrogens (primary N) is 1. The maximum Gasteiger partial charge on any atom is 0.106 e. The summed E-state index contributed by atoms with van der Waals surface area (Å²) in [6.07, 6.45) is 4.06. The number of piperidine rings is 1. The van der Waals surface area contributed by atoms with Crippen molar-refractivity contribution < 1.29 is 0 Å². The smallest absolute Gasteiger partial charge is 0.106 e. The minimum atomic E-state index is 0.711. The van der Waals surface area contributed by atoms with Gasteiger partial charge in [-0.25, -0.2) is 4.98 Å². The molecule has 0 bridgehead atoms. The molecule has 5 heteroatoms. The number of rotatable bonds is 1. The monoisotopic (exact) mass is 288 g/mol. The van der Waals surface area contributed by atoms with E-state index in [4.69, 9.17) is 5.73 Å². The Morgan fingerprint density at radius 3 is 3.10 bits per heavy atom. The van der Waals surface area contributed by atoms with Crippen LogP contribution >= 0.6 is 11.3 Å². The number of hydrogen-bond acceptors (Lipinski definition) is 5. The Balaban J connectivity index is 1.64. The molecule has 0 radical (unpaired) electrons. The lowest BCUT2D eigenvalue weighted by Crippen LogP contribution is -2.55. The lowest BCUT2D eigenvalue weighted by Gasteiger charge is -2.45. The van der Waals surface area contributed by atoms with Crippen molar-refractivity contribution in [2.24, 2.45) is 0 Å². The van der Waals surface area contributed by atoms with Gasteiger partial charge in [-0.05, 0) is 31.5 Å². The zero-order valence-corrected chi connectivity index (χ0v) is 12.4. The van der Waals surface area contributed by atoms with Crippen LogP contribution in [0.2, 0.25) is 0 Å². The van der Waals surface area contributed by atoms with Gasteiger partial charge in [-0.15, -0.1) is 11.3 Å². The number of fused-ring (bicyclic) bond motifs is 2. The normalized spacial score (nSPS) is 24.0. The summed E-state index contributed by atoms with van der Waals surface area (Å²) in [6, 6.07) is 5.04. The molecule has 2 N–H and O–H groups in total. The van der Waals surface area contributed by atoms with Crippen LogP contribution in [-0.2, 0) is 0 Å². The van der Waals surface area contributed by atoms with Crippen LogP contribution in [0.25, 0.3) is 10.2 Å². The van der Waals surface area contributed by atoms with Crippen LogP contribution in [0.1, 0.15) is 19.3 Å². The van der Waals surface area contributed by atoms with E-state index >= 15 is 0 Å². The van der Waals surface area contributed by atoms with Crippen molar-refractivity contribution in [2.75, 3.05) is 36.8 Å². The molecule has 2 fully saturated rings. The van der Waals surface area contributed by atoms with E-state index in [0.29, 0.717) is 6.04 Å². The highest BCUT2D eigenvalue weighted by molar-refractivity contribution is 7.16. The summed E-state index contributed by atoms with van der Waals surface area (Å²) in [6.45, 7) is 4.63. The highest BCUT2D eigenvalue weighted by Gasteiger charge is 2.29. The first-order valence-corrected chi connectivity index (χ1v) is 8.31. The first-order chi connectivity index (χ1) is 9.83. The van der Waals surface area contributed by atoms with Crippen molar-refractivity contribution in [3.63, 3.8) is 0 Å². The molecule has 3 heterocycles. The van der Waals surface area contributed by atoms with Crippen molar-refractivity contribution in [3.05, 3.63) is 17.6 Å². The summed E-state index contributed by atoms with van der Waals surface area (Å²) >= 11 is 1.66. The Morgan fingerprint density at radius 2 is 2.15 bits per heavy atom. The average Bonchev–Trinajstić information content (AvgIpc) is 2.97. The molecule has 1 atom stereocenters. The fourth-order valence-corrected chi connectivity index (χ4v) is 4.28. The third-order valence-corrected chi connectivity index (χ3v) is 5.49. The van der Waals surface area contributed by atoms with Gasteiger partial charge in [0.25, 0.3) is 0 Å². The number of hydrogen-bond donors (Lipinski definition) is 1. The number of nitrogens with zero attached hydrogens (tertiary/aromatic N) is 3. The third-order valence-electron chi connectivity index (χ3n) is 4.70. The molecule has 2 saturated heterocycles. The SMILES string of the molecule is Nc1c(N2CCN3CCCCC3C2)ccc2scnc12. The van der Waals surface area contributed by atoms with E-state index in [0.717, 1.165) is 24.3 Å².